The topological polar surface area (TPSA) is 75.7 Å². The number of sulfonamides is 1. The Hall–Kier alpha value is -3.16. The van der Waals surface area contributed by atoms with Gasteiger partial charge in [-0.25, -0.2) is 8.42 Å². The number of hydrogen-bond acceptors (Lipinski definition) is 4. The van der Waals surface area contributed by atoms with Crippen molar-refractivity contribution in [2.24, 2.45) is 0 Å². The highest BCUT2D eigenvalue weighted by Gasteiger charge is 2.23. The van der Waals surface area contributed by atoms with E-state index in [0.29, 0.717) is 18.7 Å². The molecule has 6 nitrogen and oxygen atoms in total. The van der Waals surface area contributed by atoms with Gasteiger partial charge in [-0.3, -0.25) is 4.79 Å². The van der Waals surface area contributed by atoms with Crippen molar-refractivity contribution in [2.45, 2.75) is 37.9 Å². The summed E-state index contributed by atoms with van der Waals surface area (Å²) in [6.07, 6.45) is 0. The molecule has 0 unspecified atom stereocenters. The van der Waals surface area contributed by atoms with Crippen LogP contribution in [0.5, 0.6) is 5.75 Å². The zero-order chi connectivity index (χ0) is 23.1. The lowest BCUT2D eigenvalue weighted by atomic mass is 10.2. The Balaban J connectivity index is 1.59. The first kappa shape index (κ1) is 23.5. The van der Waals surface area contributed by atoms with Gasteiger partial charge in [0.05, 0.1) is 4.90 Å². The Kier molecular flexibility index (Phi) is 7.66. The van der Waals surface area contributed by atoms with Crippen molar-refractivity contribution in [3.8, 4) is 5.75 Å². The fraction of sp³-hybridized carbons (Fsp3) is 0.240. The van der Waals surface area contributed by atoms with E-state index in [4.69, 9.17) is 4.74 Å². The van der Waals surface area contributed by atoms with E-state index in [1.165, 1.54) is 35.6 Å². The van der Waals surface area contributed by atoms with Crippen LogP contribution in [0.3, 0.4) is 0 Å². The predicted molar refractivity (Wildman–Crippen MR) is 125 cm³/mol. The molecule has 1 N–H and O–H groups in total. The van der Waals surface area contributed by atoms with Gasteiger partial charge in [-0.1, -0.05) is 42.5 Å². The van der Waals surface area contributed by atoms with Crippen molar-refractivity contribution in [1.29, 1.82) is 0 Å². The van der Waals surface area contributed by atoms with E-state index < -0.39 is 10.0 Å². The highest BCUT2D eigenvalue weighted by molar-refractivity contribution is 7.89. The van der Waals surface area contributed by atoms with Crippen molar-refractivity contribution in [2.75, 3.05) is 7.05 Å². The Morgan fingerprint density at radius 1 is 0.938 bits per heavy atom. The Morgan fingerprint density at radius 3 is 2.25 bits per heavy atom. The lowest BCUT2D eigenvalue weighted by molar-refractivity contribution is 0.0950. The molecule has 0 aliphatic heterocycles. The van der Waals surface area contributed by atoms with E-state index in [0.717, 1.165) is 16.9 Å². The lowest BCUT2D eigenvalue weighted by Gasteiger charge is -2.21. The van der Waals surface area contributed by atoms with Crippen LogP contribution in [0.4, 0.5) is 0 Å². The molecule has 0 aliphatic carbocycles. The van der Waals surface area contributed by atoms with Crippen LogP contribution >= 0.6 is 0 Å². The molecule has 0 atom stereocenters. The van der Waals surface area contributed by atoms with E-state index in [9.17, 15) is 13.2 Å². The summed E-state index contributed by atoms with van der Waals surface area (Å²) in [5.74, 6) is 0.450. The second-order valence-electron chi connectivity index (χ2n) is 7.74. The van der Waals surface area contributed by atoms with Crippen molar-refractivity contribution < 1.29 is 17.9 Å². The summed E-state index contributed by atoms with van der Waals surface area (Å²) in [6.45, 7) is 4.41. The molecule has 0 aliphatic rings. The molecule has 0 bridgehead atoms. The molecular formula is C25H28N2O4S. The minimum absolute atomic E-state index is 0.157. The molecule has 0 spiro atoms. The average Bonchev–Trinajstić information content (AvgIpc) is 2.81. The van der Waals surface area contributed by atoms with Crippen molar-refractivity contribution >= 4 is 15.9 Å². The number of nitrogens with one attached hydrogen (secondary N) is 1. The molecule has 168 valence electrons. The summed E-state index contributed by atoms with van der Waals surface area (Å²) in [5, 5.41) is 2.86. The van der Waals surface area contributed by atoms with Crippen LogP contribution in [0.2, 0.25) is 0 Å². The fourth-order valence-electron chi connectivity index (χ4n) is 2.99. The molecule has 32 heavy (non-hydrogen) atoms. The largest absolute Gasteiger partial charge is 0.489 e. The summed E-state index contributed by atoms with van der Waals surface area (Å²) in [7, 11) is -2.04. The molecule has 3 rings (SSSR count). The summed E-state index contributed by atoms with van der Waals surface area (Å²) < 4.78 is 32.2. The summed E-state index contributed by atoms with van der Waals surface area (Å²) in [6, 6.07) is 23.3. The SMILES string of the molecule is CC(C)N(C)S(=O)(=O)c1ccc(C(=O)NCc2cccc(OCc3ccccc3)c2)cc1. The molecule has 3 aromatic rings. The normalized spacial score (nSPS) is 11.5. The molecule has 0 fully saturated rings. The first-order valence-corrected chi connectivity index (χ1v) is 11.8. The number of ether oxygens (including phenoxy) is 1. The Labute approximate surface area is 189 Å². The van der Waals surface area contributed by atoms with Crippen molar-refractivity contribution in [3.63, 3.8) is 0 Å². The van der Waals surface area contributed by atoms with Crippen LogP contribution in [0.25, 0.3) is 0 Å². The smallest absolute Gasteiger partial charge is 0.251 e. The van der Waals surface area contributed by atoms with Gasteiger partial charge in [0.1, 0.15) is 12.4 Å². The second kappa shape index (κ2) is 10.4. The maximum atomic E-state index is 12.6. The molecular weight excluding hydrogens is 424 g/mol. The van der Waals surface area contributed by atoms with E-state index >= 15 is 0 Å². The van der Waals surface area contributed by atoms with Crippen LogP contribution in [-0.2, 0) is 23.2 Å². The third-order valence-electron chi connectivity index (χ3n) is 5.12. The zero-order valence-electron chi connectivity index (χ0n) is 18.5. The van der Waals surface area contributed by atoms with Crippen molar-refractivity contribution in [1.82, 2.24) is 9.62 Å². The number of amides is 1. The number of carbonyl (C=O) groups excluding carboxylic acids is 1. The van der Waals surface area contributed by atoms with Gasteiger partial charge in [-0.2, -0.15) is 4.31 Å². The maximum absolute atomic E-state index is 12.6. The summed E-state index contributed by atoms with van der Waals surface area (Å²) in [4.78, 5) is 12.7. The van der Waals surface area contributed by atoms with Gasteiger partial charge in [0.2, 0.25) is 10.0 Å². The Bertz CT molecular complexity index is 1140. The highest BCUT2D eigenvalue weighted by atomic mass is 32.2. The molecule has 0 saturated heterocycles. The van der Waals surface area contributed by atoms with Gasteiger partial charge < -0.3 is 10.1 Å². The van der Waals surface area contributed by atoms with Crippen LogP contribution < -0.4 is 10.1 Å². The number of hydrogen-bond donors (Lipinski definition) is 1. The third-order valence-corrected chi connectivity index (χ3v) is 7.17. The van der Waals surface area contributed by atoms with Gasteiger partial charge in [-0.05, 0) is 61.4 Å². The first-order chi connectivity index (χ1) is 15.3. The first-order valence-electron chi connectivity index (χ1n) is 10.4. The van der Waals surface area contributed by atoms with Gasteiger partial charge in [0, 0.05) is 25.2 Å². The van der Waals surface area contributed by atoms with Crippen molar-refractivity contribution in [3.05, 3.63) is 95.6 Å². The number of carbonyl (C=O) groups is 1. The van der Waals surface area contributed by atoms with Crippen LogP contribution in [-0.4, -0.2) is 31.7 Å². The molecule has 3 aromatic carbocycles. The minimum Gasteiger partial charge on any atom is -0.489 e. The quantitative estimate of drug-likeness (QED) is 0.527. The minimum atomic E-state index is -3.58. The van der Waals surface area contributed by atoms with E-state index in [1.54, 1.807) is 13.8 Å². The monoisotopic (exact) mass is 452 g/mol. The van der Waals surface area contributed by atoms with Gasteiger partial charge in [0.25, 0.3) is 5.91 Å². The maximum Gasteiger partial charge on any atom is 0.251 e. The second-order valence-corrected chi connectivity index (χ2v) is 9.74. The van der Waals surface area contributed by atoms with E-state index in [1.807, 2.05) is 54.6 Å². The van der Waals surface area contributed by atoms with Crippen LogP contribution in [0.1, 0.15) is 35.3 Å². The number of rotatable bonds is 9. The standard InChI is InChI=1S/C25H28N2O4S/c1-19(2)27(3)32(29,30)24-14-12-22(13-15-24)25(28)26-17-21-10-7-11-23(16-21)31-18-20-8-5-4-6-9-20/h4-16,19H,17-18H2,1-3H3,(H,26,28). The molecule has 0 aromatic heterocycles. The van der Waals surface area contributed by atoms with E-state index in [-0.39, 0.29) is 16.8 Å². The van der Waals surface area contributed by atoms with E-state index in [2.05, 4.69) is 5.32 Å². The number of benzene rings is 3. The van der Waals surface area contributed by atoms with Gasteiger partial charge >= 0.3 is 0 Å². The van der Waals surface area contributed by atoms with Crippen LogP contribution in [0, 0.1) is 0 Å². The highest BCUT2D eigenvalue weighted by Crippen LogP contribution is 2.18. The summed E-state index contributed by atoms with van der Waals surface area (Å²) >= 11 is 0. The fourth-order valence-corrected chi connectivity index (χ4v) is 4.36. The molecule has 0 heterocycles. The average molecular weight is 453 g/mol. The molecule has 0 saturated carbocycles. The lowest BCUT2D eigenvalue weighted by Crippen LogP contribution is -2.33. The predicted octanol–water partition coefficient (Wildman–Crippen LogP) is 4.22. The van der Waals surface area contributed by atoms with Crippen LogP contribution in [0.15, 0.2) is 83.8 Å². The van der Waals surface area contributed by atoms with Gasteiger partial charge in [0.15, 0.2) is 0 Å². The third kappa shape index (κ3) is 5.96. The molecule has 7 heteroatoms. The molecule has 1 amide bonds. The summed E-state index contributed by atoms with van der Waals surface area (Å²) in [5.41, 5.74) is 2.38. The Morgan fingerprint density at radius 2 is 1.59 bits per heavy atom. The molecule has 0 radical (unpaired) electrons. The number of nitrogens with zero attached hydrogens (tertiary/aromatic N) is 1. The van der Waals surface area contributed by atoms with Gasteiger partial charge in [-0.15, -0.1) is 0 Å². The zero-order valence-corrected chi connectivity index (χ0v) is 19.3.